The highest BCUT2D eigenvalue weighted by atomic mass is 35.5. The maximum absolute atomic E-state index is 14.3. The van der Waals surface area contributed by atoms with Crippen LogP contribution >= 0.6 is 11.6 Å². The van der Waals surface area contributed by atoms with Gasteiger partial charge in [0.15, 0.2) is 0 Å². The third-order valence-corrected chi connectivity index (χ3v) is 7.92. The molecule has 0 saturated carbocycles. The van der Waals surface area contributed by atoms with Crippen LogP contribution in [0.4, 0.5) is 9.18 Å². The van der Waals surface area contributed by atoms with Crippen LogP contribution in [0.1, 0.15) is 56.1 Å². The smallest absolute Gasteiger partial charge is 0.318 e. The lowest BCUT2D eigenvalue weighted by Gasteiger charge is -2.33. The van der Waals surface area contributed by atoms with Crippen LogP contribution in [0.25, 0.3) is 0 Å². The Morgan fingerprint density at radius 3 is 2.16 bits per heavy atom. The normalized spacial score (nSPS) is 20.4. The van der Waals surface area contributed by atoms with E-state index in [4.69, 9.17) is 11.6 Å². The highest BCUT2D eigenvalue weighted by molar-refractivity contribution is 6.33. The molecule has 3 amide bonds. The maximum atomic E-state index is 14.3. The Balaban J connectivity index is 1.36. The number of rotatable bonds is 8. The number of halogens is 2. The highest BCUT2D eigenvalue weighted by Crippen LogP contribution is 2.34. The molecule has 1 N–H and O–H groups in total. The molecule has 0 aromatic heterocycles. The Labute approximate surface area is 224 Å². The molecule has 200 valence electrons. The van der Waals surface area contributed by atoms with Crippen molar-refractivity contribution in [2.24, 2.45) is 11.8 Å². The van der Waals surface area contributed by atoms with Crippen molar-refractivity contribution in [3.63, 3.8) is 0 Å². The molecule has 2 aromatic rings. The molecule has 6 nitrogen and oxygen atoms in total. The summed E-state index contributed by atoms with van der Waals surface area (Å²) in [6, 6.07) is 14.6. The molecule has 0 spiro atoms. The van der Waals surface area contributed by atoms with Crippen LogP contribution < -0.4 is 5.32 Å². The summed E-state index contributed by atoms with van der Waals surface area (Å²) in [4.78, 5) is 32.2. The first-order valence-electron chi connectivity index (χ1n) is 13.2. The van der Waals surface area contributed by atoms with Gasteiger partial charge in [0.05, 0.1) is 16.6 Å². The van der Waals surface area contributed by atoms with E-state index in [0.717, 1.165) is 31.6 Å². The summed E-state index contributed by atoms with van der Waals surface area (Å²) >= 11 is 6.13. The quantitative estimate of drug-likeness (QED) is 0.496. The fraction of sp³-hybridized carbons (Fsp3) is 0.517. The average Bonchev–Trinajstić information content (AvgIpc) is 3.40. The van der Waals surface area contributed by atoms with Gasteiger partial charge in [-0.05, 0) is 63.6 Å². The van der Waals surface area contributed by atoms with E-state index >= 15 is 0 Å². The summed E-state index contributed by atoms with van der Waals surface area (Å²) in [5.41, 5.74) is 1.07. The second-order valence-corrected chi connectivity index (χ2v) is 11.3. The summed E-state index contributed by atoms with van der Waals surface area (Å²) in [6.45, 7) is 12.0. The van der Waals surface area contributed by atoms with Gasteiger partial charge in [0.25, 0.3) is 5.91 Å². The van der Waals surface area contributed by atoms with E-state index in [9.17, 15) is 14.0 Å². The number of likely N-dealkylation sites (tertiary alicyclic amines) is 2. The van der Waals surface area contributed by atoms with Crippen molar-refractivity contribution in [1.82, 2.24) is 20.0 Å². The Morgan fingerprint density at radius 2 is 1.59 bits per heavy atom. The lowest BCUT2D eigenvalue weighted by Crippen LogP contribution is -2.49. The van der Waals surface area contributed by atoms with Crippen molar-refractivity contribution in [2.45, 2.75) is 52.2 Å². The Hall–Kier alpha value is -2.64. The molecule has 3 unspecified atom stereocenters. The van der Waals surface area contributed by atoms with Gasteiger partial charge in [-0.25, -0.2) is 9.18 Å². The second kappa shape index (κ2) is 11.8. The zero-order valence-electron chi connectivity index (χ0n) is 22.2. The minimum Gasteiger partial charge on any atom is -0.338 e. The molecule has 0 aliphatic carbocycles. The Kier molecular flexibility index (Phi) is 8.75. The molecule has 8 heteroatoms. The second-order valence-electron chi connectivity index (χ2n) is 10.9. The van der Waals surface area contributed by atoms with E-state index in [0.29, 0.717) is 24.9 Å². The van der Waals surface area contributed by atoms with Gasteiger partial charge >= 0.3 is 6.03 Å². The number of carbonyl (C=O) groups is 2. The van der Waals surface area contributed by atoms with Gasteiger partial charge in [0, 0.05) is 44.8 Å². The summed E-state index contributed by atoms with van der Waals surface area (Å²) in [5.74, 6) is -0.178. The number of carbonyl (C=O) groups excluding carboxylic acids is 2. The SMILES string of the molecule is CC(C)N(C(=O)NC(CCN1CC2CN(C(=O)c3c(F)cccc3Cl)CC2C1)c1ccccc1)C(C)C. The van der Waals surface area contributed by atoms with E-state index in [1.165, 1.54) is 12.1 Å². The first kappa shape index (κ1) is 27.4. The largest absolute Gasteiger partial charge is 0.338 e. The molecule has 0 bridgehead atoms. The molecule has 2 heterocycles. The molecular weight excluding hydrogens is 491 g/mol. The van der Waals surface area contributed by atoms with E-state index < -0.39 is 5.82 Å². The number of amides is 3. The van der Waals surface area contributed by atoms with E-state index in [2.05, 4.69) is 22.3 Å². The molecule has 2 aliphatic rings. The minimum absolute atomic E-state index is 0.0284. The monoisotopic (exact) mass is 528 g/mol. The number of fused-ring (bicyclic) bond motifs is 1. The van der Waals surface area contributed by atoms with Crippen LogP contribution in [0.3, 0.4) is 0 Å². The average molecular weight is 529 g/mol. The van der Waals surface area contributed by atoms with Crippen LogP contribution in [0.5, 0.6) is 0 Å². The highest BCUT2D eigenvalue weighted by Gasteiger charge is 2.42. The van der Waals surface area contributed by atoms with Crippen LogP contribution in [0.2, 0.25) is 5.02 Å². The third kappa shape index (κ3) is 6.27. The lowest BCUT2D eigenvalue weighted by molar-refractivity contribution is 0.0769. The van der Waals surface area contributed by atoms with Gasteiger partial charge in [-0.3, -0.25) is 4.79 Å². The first-order chi connectivity index (χ1) is 17.7. The molecule has 2 aromatic carbocycles. The van der Waals surface area contributed by atoms with Gasteiger partial charge in [0.2, 0.25) is 0 Å². The lowest BCUT2D eigenvalue weighted by atomic mass is 10.0. The van der Waals surface area contributed by atoms with Crippen molar-refractivity contribution < 1.29 is 14.0 Å². The van der Waals surface area contributed by atoms with E-state index in [1.54, 1.807) is 11.0 Å². The maximum Gasteiger partial charge on any atom is 0.318 e. The first-order valence-corrected chi connectivity index (χ1v) is 13.6. The summed E-state index contributed by atoms with van der Waals surface area (Å²) in [7, 11) is 0. The predicted molar refractivity (Wildman–Crippen MR) is 145 cm³/mol. The topological polar surface area (TPSA) is 55.9 Å². The molecule has 2 fully saturated rings. The minimum atomic E-state index is -0.571. The summed E-state index contributed by atoms with van der Waals surface area (Å²) in [6.07, 6.45) is 0.798. The fourth-order valence-electron chi connectivity index (χ4n) is 5.91. The van der Waals surface area contributed by atoms with Crippen molar-refractivity contribution in [1.29, 1.82) is 0 Å². The summed E-state index contributed by atoms with van der Waals surface area (Å²) < 4.78 is 14.3. The number of benzene rings is 2. The van der Waals surface area contributed by atoms with Crippen molar-refractivity contribution >= 4 is 23.5 Å². The molecule has 37 heavy (non-hydrogen) atoms. The van der Waals surface area contributed by atoms with Crippen LogP contribution in [-0.2, 0) is 0 Å². The molecule has 0 radical (unpaired) electrons. The standard InChI is InChI=1S/C29H38ClFN4O2/c1-19(2)35(20(3)4)29(37)32-26(21-9-6-5-7-10-21)13-14-33-15-22-17-34(18-23(22)16-33)28(36)27-24(30)11-8-12-25(27)31/h5-12,19-20,22-23,26H,13-18H2,1-4H3,(H,32,37). The Bertz CT molecular complexity index is 1050. The van der Waals surface area contributed by atoms with Crippen LogP contribution in [0.15, 0.2) is 48.5 Å². The van der Waals surface area contributed by atoms with Crippen molar-refractivity contribution in [2.75, 3.05) is 32.7 Å². The molecule has 2 saturated heterocycles. The van der Waals surface area contributed by atoms with Gasteiger partial charge < -0.3 is 20.0 Å². The molecule has 4 rings (SSSR count). The zero-order valence-corrected chi connectivity index (χ0v) is 22.9. The van der Waals surface area contributed by atoms with E-state index in [-0.39, 0.29) is 40.6 Å². The van der Waals surface area contributed by atoms with Gasteiger partial charge in [-0.1, -0.05) is 48.0 Å². The van der Waals surface area contributed by atoms with Crippen LogP contribution in [-0.4, -0.2) is 71.4 Å². The Morgan fingerprint density at radius 1 is 0.973 bits per heavy atom. The van der Waals surface area contributed by atoms with Crippen molar-refractivity contribution in [3.05, 3.63) is 70.5 Å². The summed E-state index contributed by atoms with van der Waals surface area (Å²) in [5, 5.41) is 3.44. The zero-order chi connectivity index (χ0) is 26.7. The van der Waals surface area contributed by atoms with Gasteiger partial charge in [-0.15, -0.1) is 0 Å². The number of hydrogen-bond donors (Lipinski definition) is 1. The third-order valence-electron chi connectivity index (χ3n) is 7.61. The van der Waals surface area contributed by atoms with E-state index in [1.807, 2.05) is 50.8 Å². The predicted octanol–water partition coefficient (Wildman–Crippen LogP) is 5.44. The number of nitrogens with one attached hydrogen (secondary N) is 1. The fourth-order valence-corrected chi connectivity index (χ4v) is 6.15. The van der Waals surface area contributed by atoms with Gasteiger partial charge in [-0.2, -0.15) is 0 Å². The number of urea groups is 1. The molecule has 3 atom stereocenters. The molecular formula is C29H38ClFN4O2. The van der Waals surface area contributed by atoms with Gasteiger partial charge in [0.1, 0.15) is 5.82 Å². The van der Waals surface area contributed by atoms with Crippen LogP contribution in [0, 0.1) is 17.7 Å². The molecule has 2 aliphatic heterocycles. The number of hydrogen-bond acceptors (Lipinski definition) is 3. The number of nitrogens with zero attached hydrogens (tertiary/aromatic N) is 3. The van der Waals surface area contributed by atoms with Crippen molar-refractivity contribution in [3.8, 4) is 0 Å².